The van der Waals surface area contributed by atoms with Crippen LogP contribution in [0.2, 0.25) is 5.02 Å². The number of rotatable bonds is 1. The normalized spacial score (nSPS) is 9.93. The predicted octanol–water partition coefficient (Wildman–Crippen LogP) is 2.71. The number of halogens is 1. The van der Waals surface area contributed by atoms with Gasteiger partial charge in [-0.15, -0.1) is 0 Å². The van der Waals surface area contributed by atoms with E-state index < -0.39 is 0 Å². The highest BCUT2D eigenvalue weighted by Gasteiger charge is 2.05. The number of hydrogen-bond donors (Lipinski definition) is 0. The third kappa shape index (κ3) is 1.85. The van der Waals surface area contributed by atoms with E-state index in [1.54, 1.807) is 22.9 Å². The Bertz CT molecular complexity index is 520. The molecule has 0 N–H and O–H groups in total. The van der Waals surface area contributed by atoms with Gasteiger partial charge in [-0.1, -0.05) is 11.6 Å². The fourth-order valence-corrected chi connectivity index (χ4v) is 1.48. The van der Waals surface area contributed by atoms with Crippen molar-refractivity contribution >= 4 is 11.6 Å². The Morgan fingerprint density at radius 2 is 2.00 bits per heavy atom. The van der Waals surface area contributed by atoms with Gasteiger partial charge in [0.25, 0.3) is 0 Å². The Kier molecular flexibility index (Phi) is 2.44. The molecule has 0 radical (unpaired) electrons. The number of aryl methyl sites for hydroxylation is 1. The highest BCUT2D eigenvalue weighted by molar-refractivity contribution is 6.30. The fraction of sp³-hybridized carbons (Fsp3) is 0.0909. The van der Waals surface area contributed by atoms with Crippen LogP contribution in [-0.2, 0) is 0 Å². The fourth-order valence-electron chi connectivity index (χ4n) is 1.36. The average molecular weight is 218 g/mol. The summed E-state index contributed by atoms with van der Waals surface area (Å²) >= 11 is 5.78. The van der Waals surface area contributed by atoms with E-state index >= 15 is 0 Å². The summed E-state index contributed by atoms with van der Waals surface area (Å²) in [6.45, 7) is 1.85. The summed E-state index contributed by atoms with van der Waals surface area (Å²) in [6, 6.07) is 11.0. The molecular weight excluding hydrogens is 210 g/mol. The van der Waals surface area contributed by atoms with Crippen molar-refractivity contribution in [1.82, 2.24) is 9.78 Å². The quantitative estimate of drug-likeness (QED) is 0.737. The first-order chi connectivity index (χ1) is 7.20. The Morgan fingerprint density at radius 3 is 2.60 bits per heavy atom. The lowest BCUT2D eigenvalue weighted by atomic mass is 10.3. The van der Waals surface area contributed by atoms with Crippen LogP contribution < -0.4 is 0 Å². The molecule has 0 aliphatic carbocycles. The first kappa shape index (κ1) is 9.75. The van der Waals surface area contributed by atoms with Crippen molar-refractivity contribution in [1.29, 1.82) is 5.26 Å². The van der Waals surface area contributed by atoms with Gasteiger partial charge in [0.1, 0.15) is 11.8 Å². The van der Waals surface area contributed by atoms with Crippen molar-refractivity contribution in [2.75, 3.05) is 0 Å². The van der Waals surface area contributed by atoms with E-state index in [1.807, 2.05) is 19.1 Å². The zero-order valence-electron chi connectivity index (χ0n) is 8.11. The van der Waals surface area contributed by atoms with Crippen LogP contribution in [0, 0.1) is 18.3 Å². The van der Waals surface area contributed by atoms with Gasteiger partial charge in [-0.3, -0.25) is 0 Å². The number of benzene rings is 1. The maximum atomic E-state index is 8.91. The molecule has 0 fully saturated rings. The van der Waals surface area contributed by atoms with E-state index in [2.05, 4.69) is 11.2 Å². The second-order valence-electron chi connectivity index (χ2n) is 3.17. The minimum Gasteiger partial charge on any atom is -0.223 e. The zero-order chi connectivity index (χ0) is 10.8. The first-order valence-electron chi connectivity index (χ1n) is 4.43. The average Bonchev–Trinajstić information content (AvgIpc) is 2.61. The van der Waals surface area contributed by atoms with Gasteiger partial charge in [-0.05, 0) is 37.3 Å². The lowest BCUT2D eigenvalue weighted by molar-refractivity contribution is 0.850. The first-order valence-corrected chi connectivity index (χ1v) is 4.81. The zero-order valence-corrected chi connectivity index (χ0v) is 8.86. The molecule has 3 nitrogen and oxygen atoms in total. The SMILES string of the molecule is Cc1cc(C#N)n(-c2ccc(Cl)cc2)n1. The molecule has 0 bridgehead atoms. The van der Waals surface area contributed by atoms with Crippen molar-refractivity contribution in [3.05, 3.63) is 46.7 Å². The summed E-state index contributed by atoms with van der Waals surface area (Å²) in [4.78, 5) is 0. The maximum Gasteiger partial charge on any atom is 0.144 e. The van der Waals surface area contributed by atoms with Gasteiger partial charge < -0.3 is 0 Å². The van der Waals surface area contributed by atoms with Crippen LogP contribution in [0.4, 0.5) is 0 Å². The van der Waals surface area contributed by atoms with Crippen LogP contribution >= 0.6 is 11.6 Å². The minimum absolute atomic E-state index is 0.523. The Balaban J connectivity index is 2.54. The molecule has 15 heavy (non-hydrogen) atoms. The molecule has 0 unspecified atom stereocenters. The summed E-state index contributed by atoms with van der Waals surface area (Å²) in [6.07, 6.45) is 0. The van der Waals surface area contributed by atoms with Crippen molar-refractivity contribution < 1.29 is 0 Å². The van der Waals surface area contributed by atoms with E-state index in [4.69, 9.17) is 16.9 Å². The monoisotopic (exact) mass is 217 g/mol. The molecule has 1 aromatic heterocycles. The summed E-state index contributed by atoms with van der Waals surface area (Å²) in [7, 11) is 0. The van der Waals surface area contributed by atoms with Gasteiger partial charge in [0.15, 0.2) is 0 Å². The maximum absolute atomic E-state index is 8.91. The lowest BCUT2D eigenvalue weighted by Crippen LogP contribution is -1.98. The van der Waals surface area contributed by atoms with Gasteiger partial charge in [0, 0.05) is 5.02 Å². The molecule has 1 aromatic carbocycles. The topological polar surface area (TPSA) is 41.6 Å². The summed E-state index contributed by atoms with van der Waals surface area (Å²) < 4.78 is 1.60. The van der Waals surface area contributed by atoms with E-state index in [0.717, 1.165) is 11.4 Å². The molecule has 4 heteroatoms. The second kappa shape index (κ2) is 3.76. The molecule has 2 rings (SSSR count). The molecule has 0 saturated heterocycles. The molecule has 2 aromatic rings. The van der Waals surface area contributed by atoms with Crippen molar-refractivity contribution in [3.63, 3.8) is 0 Å². The van der Waals surface area contributed by atoms with E-state index in [0.29, 0.717) is 10.7 Å². The second-order valence-corrected chi connectivity index (χ2v) is 3.61. The number of nitriles is 1. The molecule has 0 saturated carbocycles. The molecular formula is C11H8ClN3. The van der Waals surface area contributed by atoms with Crippen molar-refractivity contribution in [2.45, 2.75) is 6.92 Å². The van der Waals surface area contributed by atoms with Crippen LogP contribution in [0.15, 0.2) is 30.3 Å². The third-order valence-electron chi connectivity index (χ3n) is 2.02. The Morgan fingerprint density at radius 1 is 1.33 bits per heavy atom. The summed E-state index contributed by atoms with van der Waals surface area (Å²) in [5, 5.41) is 13.8. The molecule has 0 atom stereocenters. The highest BCUT2D eigenvalue weighted by atomic mass is 35.5. The standard InChI is InChI=1S/C11H8ClN3/c1-8-6-11(7-13)15(14-8)10-4-2-9(12)3-5-10/h2-6H,1H3. The van der Waals surface area contributed by atoms with Gasteiger partial charge in [0.05, 0.1) is 11.4 Å². The van der Waals surface area contributed by atoms with Crippen LogP contribution in [0.3, 0.4) is 0 Å². The smallest absolute Gasteiger partial charge is 0.144 e. The van der Waals surface area contributed by atoms with E-state index in [9.17, 15) is 0 Å². The van der Waals surface area contributed by atoms with Crippen LogP contribution in [0.5, 0.6) is 0 Å². The summed E-state index contributed by atoms with van der Waals surface area (Å²) in [5.74, 6) is 0. The lowest BCUT2D eigenvalue weighted by Gasteiger charge is -2.02. The molecule has 0 spiro atoms. The van der Waals surface area contributed by atoms with Crippen LogP contribution in [0.25, 0.3) is 5.69 Å². The number of hydrogen-bond acceptors (Lipinski definition) is 2. The molecule has 1 heterocycles. The molecule has 0 aliphatic rings. The minimum atomic E-state index is 0.523. The van der Waals surface area contributed by atoms with E-state index in [-0.39, 0.29) is 0 Å². The number of nitrogens with zero attached hydrogens (tertiary/aromatic N) is 3. The Hall–Kier alpha value is -1.79. The summed E-state index contributed by atoms with van der Waals surface area (Å²) in [5.41, 5.74) is 2.18. The molecule has 0 amide bonds. The van der Waals surface area contributed by atoms with Gasteiger partial charge in [-0.2, -0.15) is 10.4 Å². The van der Waals surface area contributed by atoms with E-state index in [1.165, 1.54) is 0 Å². The van der Waals surface area contributed by atoms with Gasteiger partial charge >= 0.3 is 0 Å². The molecule has 74 valence electrons. The van der Waals surface area contributed by atoms with Gasteiger partial charge in [0.2, 0.25) is 0 Å². The molecule has 0 aliphatic heterocycles. The Labute approximate surface area is 92.5 Å². The van der Waals surface area contributed by atoms with Crippen molar-refractivity contribution in [2.24, 2.45) is 0 Å². The van der Waals surface area contributed by atoms with Crippen LogP contribution in [0.1, 0.15) is 11.4 Å². The highest BCUT2D eigenvalue weighted by Crippen LogP contribution is 2.15. The predicted molar refractivity (Wildman–Crippen MR) is 58.0 cm³/mol. The van der Waals surface area contributed by atoms with Crippen LogP contribution in [-0.4, -0.2) is 9.78 Å². The largest absolute Gasteiger partial charge is 0.223 e. The number of aromatic nitrogens is 2. The van der Waals surface area contributed by atoms with Crippen molar-refractivity contribution in [3.8, 4) is 11.8 Å². The third-order valence-corrected chi connectivity index (χ3v) is 2.27. The van der Waals surface area contributed by atoms with Gasteiger partial charge in [-0.25, -0.2) is 4.68 Å².